The van der Waals surface area contributed by atoms with Gasteiger partial charge in [-0.1, -0.05) is 12.1 Å². The van der Waals surface area contributed by atoms with E-state index in [4.69, 9.17) is 5.73 Å². The van der Waals surface area contributed by atoms with Crippen LogP contribution in [0.2, 0.25) is 0 Å². The number of nitrogens with zero attached hydrogens (tertiary/aromatic N) is 1. The Balaban J connectivity index is 1.72. The lowest BCUT2D eigenvalue weighted by molar-refractivity contribution is -0.133. The minimum Gasteiger partial charge on any atom is -0.338 e. The van der Waals surface area contributed by atoms with Gasteiger partial charge in [-0.25, -0.2) is 8.78 Å². The molecule has 3 rings (SSSR count). The maximum absolute atomic E-state index is 13.7. The maximum atomic E-state index is 13.7. The molecule has 1 saturated heterocycles. The fraction of sp³-hybridized carbons (Fsp3) is 0.533. The molecular formula is C15H18F2N2O. The number of hydrogen-bond acceptors (Lipinski definition) is 2. The number of rotatable bonds is 3. The van der Waals surface area contributed by atoms with Crippen LogP contribution in [0.15, 0.2) is 18.2 Å². The Morgan fingerprint density at radius 2 is 2.20 bits per heavy atom. The van der Waals surface area contributed by atoms with Gasteiger partial charge in [0.15, 0.2) is 11.6 Å². The Labute approximate surface area is 116 Å². The standard InChI is InChI=1S/C15H18F2N2O/c16-13-5-1-4-10(14(13)17)11-7-12(11)15(20)19-6-2-3-9(19)8-18/h1,4-5,9,11-12H,2-3,6-8,18H2. The normalized spacial score (nSPS) is 28.8. The summed E-state index contributed by atoms with van der Waals surface area (Å²) in [5.74, 6) is -2.01. The van der Waals surface area contributed by atoms with E-state index in [1.54, 1.807) is 6.07 Å². The molecule has 3 unspecified atom stereocenters. The van der Waals surface area contributed by atoms with Gasteiger partial charge in [0.05, 0.1) is 0 Å². The molecule has 1 amide bonds. The highest BCUT2D eigenvalue weighted by atomic mass is 19.2. The maximum Gasteiger partial charge on any atom is 0.226 e. The summed E-state index contributed by atoms with van der Waals surface area (Å²) in [6.07, 6.45) is 2.51. The number of amides is 1. The molecule has 0 radical (unpaired) electrons. The zero-order valence-electron chi connectivity index (χ0n) is 11.2. The molecule has 3 nitrogen and oxygen atoms in total. The van der Waals surface area contributed by atoms with Crippen molar-refractivity contribution < 1.29 is 13.6 Å². The van der Waals surface area contributed by atoms with Gasteiger partial charge in [0.2, 0.25) is 5.91 Å². The Bertz CT molecular complexity index is 535. The molecule has 2 N–H and O–H groups in total. The quantitative estimate of drug-likeness (QED) is 0.920. The van der Waals surface area contributed by atoms with Gasteiger partial charge in [-0.05, 0) is 36.8 Å². The van der Waals surface area contributed by atoms with Crippen LogP contribution in [0.1, 0.15) is 30.7 Å². The zero-order valence-corrected chi connectivity index (χ0v) is 11.2. The number of nitrogens with two attached hydrogens (primary N) is 1. The average Bonchev–Trinajstić information content (AvgIpc) is 3.09. The van der Waals surface area contributed by atoms with Gasteiger partial charge in [0.25, 0.3) is 0 Å². The van der Waals surface area contributed by atoms with Crippen LogP contribution in [0.4, 0.5) is 8.78 Å². The molecule has 1 aromatic carbocycles. The van der Waals surface area contributed by atoms with E-state index >= 15 is 0 Å². The number of hydrogen-bond donors (Lipinski definition) is 1. The number of carbonyl (C=O) groups is 1. The third-order valence-corrected chi connectivity index (χ3v) is 4.42. The van der Waals surface area contributed by atoms with Crippen LogP contribution in [-0.2, 0) is 4.79 Å². The molecule has 1 aromatic rings. The number of likely N-dealkylation sites (tertiary alicyclic amines) is 1. The molecule has 2 aliphatic rings. The van der Waals surface area contributed by atoms with Gasteiger partial charge in [-0.2, -0.15) is 0 Å². The van der Waals surface area contributed by atoms with Gasteiger partial charge in [0, 0.05) is 25.0 Å². The molecule has 0 bridgehead atoms. The molecule has 20 heavy (non-hydrogen) atoms. The SMILES string of the molecule is NCC1CCCN1C(=O)C1CC1c1cccc(F)c1F. The second kappa shape index (κ2) is 5.13. The average molecular weight is 280 g/mol. The summed E-state index contributed by atoms with van der Waals surface area (Å²) in [6.45, 7) is 1.20. The van der Waals surface area contributed by atoms with E-state index in [0.29, 0.717) is 18.5 Å². The minimum atomic E-state index is -0.846. The number of carbonyl (C=O) groups excluding carboxylic acids is 1. The van der Waals surface area contributed by atoms with Crippen LogP contribution in [-0.4, -0.2) is 29.9 Å². The predicted octanol–water partition coefficient (Wildman–Crippen LogP) is 2.02. The fourth-order valence-electron chi connectivity index (χ4n) is 3.20. The predicted molar refractivity (Wildman–Crippen MR) is 71.0 cm³/mol. The van der Waals surface area contributed by atoms with Crippen molar-refractivity contribution >= 4 is 5.91 Å². The minimum absolute atomic E-state index is 0.0478. The summed E-state index contributed by atoms with van der Waals surface area (Å²) in [4.78, 5) is 14.2. The van der Waals surface area contributed by atoms with Crippen LogP contribution in [0.5, 0.6) is 0 Å². The number of halogens is 2. The third-order valence-electron chi connectivity index (χ3n) is 4.42. The van der Waals surface area contributed by atoms with E-state index in [0.717, 1.165) is 25.5 Å². The smallest absolute Gasteiger partial charge is 0.226 e. The van der Waals surface area contributed by atoms with Gasteiger partial charge >= 0.3 is 0 Å². The lowest BCUT2D eigenvalue weighted by atomic mass is 10.1. The van der Waals surface area contributed by atoms with Gasteiger partial charge in [-0.3, -0.25) is 4.79 Å². The fourth-order valence-corrected chi connectivity index (χ4v) is 3.20. The van der Waals surface area contributed by atoms with Crippen LogP contribution < -0.4 is 5.73 Å². The molecule has 1 aliphatic heterocycles. The van der Waals surface area contributed by atoms with E-state index in [1.165, 1.54) is 6.07 Å². The molecule has 108 valence electrons. The van der Waals surface area contributed by atoms with E-state index < -0.39 is 11.6 Å². The second-order valence-corrected chi connectivity index (χ2v) is 5.66. The molecule has 1 aliphatic carbocycles. The van der Waals surface area contributed by atoms with E-state index in [2.05, 4.69) is 0 Å². The molecule has 3 atom stereocenters. The Kier molecular flexibility index (Phi) is 3.46. The van der Waals surface area contributed by atoms with Crippen molar-refractivity contribution in [2.24, 2.45) is 11.7 Å². The largest absolute Gasteiger partial charge is 0.338 e. The Hall–Kier alpha value is -1.49. The molecule has 0 spiro atoms. The van der Waals surface area contributed by atoms with Crippen molar-refractivity contribution in [3.63, 3.8) is 0 Å². The molecule has 5 heteroatoms. The topological polar surface area (TPSA) is 46.3 Å². The lowest BCUT2D eigenvalue weighted by Crippen LogP contribution is -2.40. The van der Waals surface area contributed by atoms with Crippen molar-refractivity contribution in [2.45, 2.75) is 31.2 Å². The summed E-state index contributed by atoms with van der Waals surface area (Å²) in [6, 6.07) is 4.27. The first kappa shape index (κ1) is 13.5. The Morgan fingerprint density at radius 1 is 1.40 bits per heavy atom. The van der Waals surface area contributed by atoms with E-state index in [1.807, 2.05) is 4.90 Å². The summed E-state index contributed by atoms with van der Waals surface area (Å²) >= 11 is 0. The van der Waals surface area contributed by atoms with Crippen molar-refractivity contribution in [3.05, 3.63) is 35.4 Å². The van der Waals surface area contributed by atoms with Crippen molar-refractivity contribution in [1.82, 2.24) is 4.90 Å². The summed E-state index contributed by atoms with van der Waals surface area (Å²) < 4.78 is 27.0. The molecule has 2 fully saturated rings. The van der Waals surface area contributed by atoms with Crippen molar-refractivity contribution in [3.8, 4) is 0 Å². The summed E-state index contributed by atoms with van der Waals surface area (Å²) in [7, 11) is 0. The second-order valence-electron chi connectivity index (χ2n) is 5.66. The lowest BCUT2D eigenvalue weighted by Gasteiger charge is -2.23. The van der Waals surface area contributed by atoms with Gasteiger partial charge < -0.3 is 10.6 Å². The van der Waals surface area contributed by atoms with Crippen LogP contribution in [0.3, 0.4) is 0 Å². The summed E-state index contributed by atoms with van der Waals surface area (Å²) in [5, 5.41) is 0. The molecule has 1 heterocycles. The highest BCUT2D eigenvalue weighted by Gasteiger charge is 2.48. The monoisotopic (exact) mass is 280 g/mol. The highest BCUT2D eigenvalue weighted by molar-refractivity contribution is 5.83. The van der Waals surface area contributed by atoms with Crippen molar-refractivity contribution in [2.75, 3.05) is 13.1 Å². The van der Waals surface area contributed by atoms with E-state index in [9.17, 15) is 13.6 Å². The number of benzene rings is 1. The first-order valence-electron chi connectivity index (χ1n) is 7.08. The van der Waals surface area contributed by atoms with Gasteiger partial charge in [-0.15, -0.1) is 0 Å². The molecule has 0 aromatic heterocycles. The first-order valence-corrected chi connectivity index (χ1v) is 7.08. The highest BCUT2D eigenvalue weighted by Crippen LogP contribution is 2.50. The zero-order chi connectivity index (χ0) is 14.3. The van der Waals surface area contributed by atoms with Crippen LogP contribution >= 0.6 is 0 Å². The van der Waals surface area contributed by atoms with Crippen LogP contribution in [0, 0.1) is 17.6 Å². The summed E-state index contributed by atoms with van der Waals surface area (Å²) in [5.41, 5.74) is 5.99. The molecular weight excluding hydrogens is 262 g/mol. The third kappa shape index (κ3) is 2.20. The van der Waals surface area contributed by atoms with Gasteiger partial charge in [0.1, 0.15) is 0 Å². The molecule has 1 saturated carbocycles. The first-order chi connectivity index (χ1) is 9.63. The van der Waals surface area contributed by atoms with E-state index in [-0.39, 0.29) is 23.8 Å². The Morgan fingerprint density at radius 3 is 2.95 bits per heavy atom. The van der Waals surface area contributed by atoms with Crippen molar-refractivity contribution in [1.29, 1.82) is 0 Å². The van der Waals surface area contributed by atoms with Crippen LogP contribution in [0.25, 0.3) is 0 Å².